The quantitative estimate of drug-likeness (QED) is 0.771. The Morgan fingerprint density at radius 3 is 2.87 bits per heavy atom. The van der Waals surface area contributed by atoms with Gasteiger partial charge in [0.2, 0.25) is 10.0 Å². The van der Waals surface area contributed by atoms with E-state index < -0.39 is 15.8 Å². The smallest absolute Gasteiger partial charge is 0.234 e. The van der Waals surface area contributed by atoms with Gasteiger partial charge in [0.1, 0.15) is 5.82 Å². The first-order chi connectivity index (χ1) is 7.04. The van der Waals surface area contributed by atoms with Crippen molar-refractivity contribution in [2.45, 2.75) is 13.3 Å². The van der Waals surface area contributed by atoms with E-state index in [4.69, 9.17) is 0 Å². The van der Waals surface area contributed by atoms with Gasteiger partial charge in [0.25, 0.3) is 0 Å². The molecule has 0 atom stereocenters. The van der Waals surface area contributed by atoms with Crippen LogP contribution in [-0.4, -0.2) is 20.7 Å². The second-order valence-electron chi connectivity index (χ2n) is 3.50. The summed E-state index contributed by atoms with van der Waals surface area (Å²) in [6.07, 6.45) is 0.662. The van der Waals surface area contributed by atoms with Gasteiger partial charge < -0.3 is 0 Å². The van der Waals surface area contributed by atoms with Crippen LogP contribution in [0.5, 0.6) is 0 Å². The number of halogens is 1. The van der Waals surface area contributed by atoms with Crippen molar-refractivity contribution < 1.29 is 12.8 Å². The van der Waals surface area contributed by atoms with Crippen LogP contribution < -0.4 is 4.31 Å². The van der Waals surface area contributed by atoms with Crippen molar-refractivity contribution in [3.05, 3.63) is 29.6 Å². The molecule has 0 aliphatic carbocycles. The summed E-state index contributed by atoms with van der Waals surface area (Å²) in [5, 5.41) is 0. The van der Waals surface area contributed by atoms with Gasteiger partial charge in [-0.1, -0.05) is 6.07 Å². The van der Waals surface area contributed by atoms with Crippen LogP contribution >= 0.6 is 0 Å². The third-order valence-corrected chi connectivity index (χ3v) is 4.38. The Kier molecular flexibility index (Phi) is 2.42. The van der Waals surface area contributed by atoms with Crippen LogP contribution in [0.1, 0.15) is 12.5 Å². The highest BCUT2D eigenvalue weighted by atomic mass is 32.2. The van der Waals surface area contributed by atoms with E-state index in [1.165, 1.54) is 16.4 Å². The van der Waals surface area contributed by atoms with E-state index >= 15 is 0 Å². The van der Waals surface area contributed by atoms with E-state index in [1.807, 2.05) is 0 Å². The molecule has 3 nitrogen and oxygen atoms in total. The van der Waals surface area contributed by atoms with Gasteiger partial charge in [0.05, 0.1) is 11.4 Å². The molecule has 0 fully saturated rings. The monoisotopic (exact) mass is 229 g/mol. The molecule has 82 valence electrons. The van der Waals surface area contributed by atoms with Crippen LogP contribution in [0.2, 0.25) is 0 Å². The standard InChI is InChI=1S/C10H12FNO2S/c1-2-15(13,14)12-6-5-8-3-4-9(11)7-10(8)12/h3-4,7H,2,5-6H2,1H3. The third-order valence-electron chi connectivity index (χ3n) is 2.60. The van der Waals surface area contributed by atoms with Crippen LogP contribution in [-0.2, 0) is 16.4 Å². The molecule has 0 aromatic heterocycles. The van der Waals surface area contributed by atoms with E-state index in [9.17, 15) is 12.8 Å². The maximum absolute atomic E-state index is 13.0. The van der Waals surface area contributed by atoms with Gasteiger partial charge in [0, 0.05) is 6.54 Å². The predicted octanol–water partition coefficient (Wildman–Crippen LogP) is 1.54. The van der Waals surface area contributed by atoms with Crippen LogP contribution in [0.3, 0.4) is 0 Å². The van der Waals surface area contributed by atoms with E-state index in [2.05, 4.69) is 0 Å². The van der Waals surface area contributed by atoms with Crippen molar-refractivity contribution in [3.8, 4) is 0 Å². The number of anilines is 1. The van der Waals surface area contributed by atoms with E-state index in [0.29, 0.717) is 18.7 Å². The molecule has 0 bridgehead atoms. The van der Waals surface area contributed by atoms with E-state index in [-0.39, 0.29) is 5.75 Å². The van der Waals surface area contributed by atoms with Gasteiger partial charge in [0.15, 0.2) is 0 Å². The molecule has 15 heavy (non-hydrogen) atoms. The molecule has 0 N–H and O–H groups in total. The largest absolute Gasteiger partial charge is 0.270 e. The molecule has 1 aromatic carbocycles. The minimum absolute atomic E-state index is 0.0446. The van der Waals surface area contributed by atoms with Gasteiger partial charge >= 0.3 is 0 Å². The Labute approximate surface area is 88.6 Å². The lowest BCUT2D eigenvalue weighted by atomic mass is 10.2. The number of sulfonamides is 1. The highest BCUT2D eigenvalue weighted by Gasteiger charge is 2.28. The van der Waals surface area contributed by atoms with Gasteiger partial charge in [-0.25, -0.2) is 12.8 Å². The molecule has 2 rings (SSSR count). The fraction of sp³-hybridized carbons (Fsp3) is 0.400. The summed E-state index contributed by atoms with van der Waals surface area (Å²) in [6, 6.07) is 4.30. The van der Waals surface area contributed by atoms with Crippen molar-refractivity contribution in [3.63, 3.8) is 0 Å². The van der Waals surface area contributed by atoms with Crippen LogP contribution in [0.4, 0.5) is 10.1 Å². The number of hydrogen-bond acceptors (Lipinski definition) is 2. The molecule has 0 saturated heterocycles. The molecule has 0 amide bonds. The average Bonchev–Trinajstić information content (AvgIpc) is 2.61. The molecule has 5 heteroatoms. The van der Waals surface area contributed by atoms with Crippen molar-refractivity contribution in [2.75, 3.05) is 16.6 Å². The maximum atomic E-state index is 13.0. The summed E-state index contributed by atoms with van der Waals surface area (Å²) in [7, 11) is -3.26. The first-order valence-electron chi connectivity index (χ1n) is 4.83. The first-order valence-corrected chi connectivity index (χ1v) is 6.44. The molecule has 1 aliphatic heterocycles. The van der Waals surface area contributed by atoms with Gasteiger partial charge in [-0.3, -0.25) is 4.31 Å². The highest BCUT2D eigenvalue weighted by molar-refractivity contribution is 7.92. The topological polar surface area (TPSA) is 37.4 Å². The molecule has 1 aromatic rings. The fourth-order valence-electron chi connectivity index (χ4n) is 1.77. The lowest BCUT2D eigenvalue weighted by molar-refractivity contribution is 0.593. The Morgan fingerprint density at radius 2 is 2.20 bits per heavy atom. The first kappa shape index (κ1) is 10.4. The lowest BCUT2D eigenvalue weighted by Crippen LogP contribution is -2.30. The zero-order valence-corrected chi connectivity index (χ0v) is 9.22. The number of benzene rings is 1. The molecule has 0 unspecified atom stereocenters. The van der Waals surface area contributed by atoms with Gasteiger partial charge in [-0.15, -0.1) is 0 Å². The summed E-state index contributed by atoms with van der Waals surface area (Å²) in [6.45, 7) is 2.02. The number of nitrogens with zero attached hydrogens (tertiary/aromatic N) is 1. The molecule has 0 saturated carbocycles. The molecule has 1 heterocycles. The Hall–Kier alpha value is -1.10. The van der Waals surface area contributed by atoms with Crippen molar-refractivity contribution in [1.29, 1.82) is 0 Å². The van der Waals surface area contributed by atoms with E-state index in [0.717, 1.165) is 5.56 Å². The average molecular weight is 229 g/mol. The summed E-state index contributed by atoms with van der Waals surface area (Å²) in [5.41, 5.74) is 1.39. The number of rotatable bonds is 2. The molecular formula is C10H12FNO2S. The summed E-state index contributed by atoms with van der Waals surface area (Å²) in [5.74, 6) is -0.352. The van der Waals surface area contributed by atoms with Crippen molar-refractivity contribution in [2.24, 2.45) is 0 Å². The molecule has 0 spiro atoms. The Bertz CT molecular complexity index is 484. The van der Waals surface area contributed by atoms with Gasteiger partial charge in [-0.05, 0) is 31.0 Å². The molecule has 0 radical (unpaired) electrons. The summed E-state index contributed by atoms with van der Waals surface area (Å²) < 4.78 is 37.7. The Morgan fingerprint density at radius 1 is 1.47 bits per heavy atom. The van der Waals surface area contributed by atoms with Crippen LogP contribution in [0, 0.1) is 5.82 Å². The number of hydrogen-bond donors (Lipinski definition) is 0. The third kappa shape index (κ3) is 1.71. The summed E-state index contributed by atoms with van der Waals surface area (Å²) in [4.78, 5) is 0. The van der Waals surface area contributed by atoms with Crippen LogP contribution in [0.25, 0.3) is 0 Å². The second kappa shape index (κ2) is 3.48. The lowest BCUT2D eigenvalue weighted by Gasteiger charge is -2.18. The minimum atomic E-state index is -3.26. The molecular weight excluding hydrogens is 217 g/mol. The fourth-order valence-corrected chi connectivity index (χ4v) is 2.92. The van der Waals surface area contributed by atoms with Gasteiger partial charge in [-0.2, -0.15) is 0 Å². The zero-order chi connectivity index (χ0) is 11.1. The number of fused-ring (bicyclic) bond motifs is 1. The minimum Gasteiger partial charge on any atom is -0.270 e. The van der Waals surface area contributed by atoms with E-state index in [1.54, 1.807) is 13.0 Å². The zero-order valence-electron chi connectivity index (χ0n) is 8.40. The second-order valence-corrected chi connectivity index (χ2v) is 5.68. The molecule has 1 aliphatic rings. The Balaban J connectivity index is 2.49. The summed E-state index contributed by atoms with van der Waals surface area (Å²) >= 11 is 0. The predicted molar refractivity (Wildman–Crippen MR) is 56.9 cm³/mol. The highest BCUT2D eigenvalue weighted by Crippen LogP contribution is 2.30. The SMILES string of the molecule is CCS(=O)(=O)N1CCc2ccc(F)cc21. The normalized spacial score (nSPS) is 15.5. The van der Waals surface area contributed by atoms with Crippen molar-refractivity contribution >= 4 is 15.7 Å². The maximum Gasteiger partial charge on any atom is 0.234 e. The van der Waals surface area contributed by atoms with Crippen molar-refractivity contribution in [1.82, 2.24) is 0 Å². The van der Waals surface area contributed by atoms with Crippen LogP contribution in [0.15, 0.2) is 18.2 Å².